The fraction of sp³-hybridized carbons (Fsp3) is 0.650. The van der Waals surface area contributed by atoms with Crippen LogP contribution >= 0.6 is 0 Å². The fourth-order valence-electron chi connectivity index (χ4n) is 4.20. The smallest absolute Gasteiger partial charge is 0.223 e. The molecule has 2 aliphatic heterocycles. The molecule has 0 radical (unpaired) electrons. The average Bonchev–Trinajstić information content (AvgIpc) is 3.04. The number of benzene rings is 1. The van der Waals surface area contributed by atoms with Gasteiger partial charge in [-0.1, -0.05) is 30.3 Å². The van der Waals surface area contributed by atoms with Crippen molar-refractivity contribution in [2.24, 2.45) is 0 Å². The second-order valence-electron chi connectivity index (χ2n) is 7.57. The van der Waals surface area contributed by atoms with Crippen molar-refractivity contribution in [3.63, 3.8) is 0 Å². The van der Waals surface area contributed by atoms with E-state index in [0.29, 0.717) is 6.42 Å². The molecule has 1 atom stereocenters. The van der Waals surface area contributed by atoms with Gasteiger partial charge in [0.15, 0.2) is 0 Å². The third kappa shape index (κ3) is 4.40. The van der Waals surface area contributed by atoms with Crippen LogP contribution in [0.3, 0.4) is 0 Å². The second kappa shape index (κ2) is 8.30. The van der Waals surface area contributed by atoms with E-state index < -0.39 is 0 Å². The molecule has 0 bridgehead atoms. The van der Waals surface area contributed by atoms with Crippen LogP contribution in [0.15, 0.2) is 30.3 Å². The summed E-state index contributed by atoms with van der Waals surface area (Å²) in [5, 5.41) is 10.1. The maximum Gasteiger partial charge on any atom is 0.223 e. The van der Waals surface area contributed by atoms with Gasteiger partial charge in [-0.2, -0.15) is 0 Å². The van der Waals surface area contributed by atoms with Crippen molar-refractivity contribution in [2.45, 2.75) is 31.2 Å². The monoisotopic (exact) mass is 345 g/mol. The number of piperazine rings is 1. The van der Waals surface area contributed by atoms with E-state index in [2.05, 4.69) is 41.1 Å². The molecule has 2 saturated heterocycles. The number of carbonyl (C=O) groups excluding carboxylic acids is 1. The summed E-state index contributed by atoms with van der Waals surface area (Å²) in [6.07, 6.45) is 3.50. The number of aliphatic hydroxyl groups excluding tert-OH is 1. The van der Waals surface area contributed by atoms with Crippen LogP contribution in [-0.4, -0.2) is 84.2 Å². The molecular weight excluding hydrogens is 314 g/mol. The molecule has 2 fully saturated rings. The number of rotatable bonds is 6. The van der Waals surface area contributed by atoms with Gasteiger partial charge in [0.1, 0.15) is 0 Å². The second-order valence-corrected chi connectivity index (χ2v) is 7.57. The lowest BCUT2D eigenvalue weighted by Gasteiger charge is -2.38. The number of nitrogens with zero attached hydrogens (tertiary/aromatic N) is 3. The summed E-state index contributed by atoms with van der Waals surface area (Å²) < 4.78 is 0. The number of carbonyl (C=O) groups is 1. The molecule has 1 N–H and O–H groups in total. The summed E-state index contributed by atoms with van der Waals surface area (Å²) in [4.78, 5) is 19.2. The van der Waals surface area contributed by atoms with Gasteiger partial charge in [-0.05, 0) is 38.4 Å². The molecule has 0 spiro atoms. The molecule has 1 unspecified atom stereocenters. The Hall–Kier alpha value is -1.43. The zero-order chi connectivity index (χ0) is 17.7. The molecule has 1 aromatic carbocycles. The van der Waals surface area contributed by atoms with Gasteiger partial charge in [-0.25, -0.2) is 0 Å². The minimum atomic E-state index is -0.205. The van der Waals surface area contributed by atoms with Crippen molar-refractivity contribution in [3.8, 4) is 0 Å². The van der Waals surface area contributed by atoms with Gasteiger partial charge < -0.3 is 14.9 Å². The Balaban J connectivity index is 1.57. The fourth-order valence-corrected chi connectivity index (χ4v) is 4.20. The third-order valence-corrected chi connectivity index (χ3v) is 5.86. The molecule has 5 heteroatoms. The zero-order valence-electron chi connectivity index (χ0n) is 15.4. The Bertz CT molecular complexity index is 557. The molecule has 1 aromatic rings. The third-order valence-electron chi connectivity index (χ3n) is 5.86. The molecule has 0 saturated carbocycles. The number of amides is 1. The van der Waals surface area contributed by atoms with Gasteiger partial charge in [0, 0.05) is 44.7 Å². The minimum absolute atomic E-state index is 0.157. The van der Waals surface area contributed by atoms with E-state index >= 15 is 0 Å². The van der Waals surface area contributed by atoms with Crippen LogP contribution in [0.25, 0.3) is 0 Å². The van der Waals surface area contributed by atoms with Crippen LogP contribution in [0.4, 0.5) is 0 Å². The normalized spacial score (nSPS) is 25.4. The summed E-state index contributed by atoms with van der Waals surface area (Å²) in [5.74, 6) is 0.256. The summed E-state index contributed by atoms with van der Waals surface area (Å²) in [6.45, 7) is 5.48. The van der Waals surface area contributed by atoms with Crippen molar-refractivity contribution in [1.29, 1.82) is 0 Å². The Labute approximate surface area is 151 Å². The van der Waals surface area contributed by atoms with Gasteiger partial charge in [-0.15, -0.1) is 0 Å². The van der Waals surface area contributed by atoms with Crippen molar-refractivity contribution in [2.75, 3.05) is 52.9 Å². The average molecular weight is 345 g/mol. The van der Waals surface area contributed by atoms with Crippen LogP contribution in [0, 0.1) is 0 Å². The number of hydrogen-bond donors (Lipinski definition) is 1. The molecular formula is C20H31N3O2. The van der Waals surface area contributed by atoms with Crippen molar-refractivity contribution >= 4 is 5.91 Å². The molecule has 2 aliphatic rings. The van der Waals surface area contributed by atoms with Gasteiger partial charge in [0.25, 0.3) is 0 Å². The van der Waals surface area contributed by atoms with E-state index in [1.807, 2.05) is 11.0 Å². The molecule has 0 aromatic heterocycles. The van der Waals surface area contributed by atoms with Gasteiger partial charge in [0.05, 0.1) is 6.61 Å². The van der Waals surface area contributed by atoms with Gasteiger partial charge in [0.2, 0.25) is 5.91 Å². The van der Waals surface area contributed by atoms with E-state index in [1.54, 1.807) is 0 Å². The Kier molecular flexibility index (Phi) is 6.10. The molecule has 2 heterocycles. The topological polar surface area (TPSA) is 47.0 Å². The van der Waals surface area contributed by atoms with Gasteiger partial charge >= 0.3 is 0 Å². The first kappa shape index (κ1) is 18.4. The largest absolute Gasteiger partial charge is 0.394 e. The molecule has 5 nitrogen and oxygen atoms in total. The van der Waals surface area contributed by atoms with Crippen LogP contribution in [0.5, 0.6) is 0 Å². The molecule has 1 amide bonds. The Morgan fingerprint density at radius 2 is 1.84 bits per heavy atom. The van der Waals surface area contributed by atoms with Crippen LogP contribution in [0.1, 0.15) is 24.8 Å². The zero-order valence-corrected chi connectivity index (χ0v) is 15.4. The van der Waals surface area contributed by atoms with Crippen LogP contribution in [-0.2, 0) is 11.2 Å². The molecule has 3 rings (SSSR count). The van der Waals surface area contributed by atoms with Crippen LogP contribution < -0.4 is 0 Å². The van der Waals surface area contributed by atoms with Crippen LogP contribution in [0.2, 0.25) is 0 Å². The number of likely N-dealkylation sites (N-methyl/N-ethyl adjacent to an activating group) is 1. The number of likely N-dealkylation sites (tertiary alicyclic amines) is 1. The highest BCUT2D eigenvalue weighted by molar-refractivity contribution is 5.76. The lowest BCUT2D eigenvalue weighted by atomic mass is 9.88. The van der Waals surface area contributed by atoms with Crippen molar-refractivity contribution in [1.82, 2.24) is 14.7 Å². The van der Waals surface area contributed by atoms with E-state index in [1.165, 1.54) is 5.56 Å². The van der Waals surface area contributed by atoms with Gasteiger partial charge in [-0.3, -0.25) is 9.69 Å². The standard InChI is InChI=1S/C20H31N3O2/c1-21-12-14-22(15-13-21)19(25)8-11-23-10-5-9-20(23,17-24)16-18-6-3-2-4-7-18/h2-4,6-7,24H,5,8-17H2,1H3. The molecule has 25 heavy (non-hydrogen) atoms. The number of aliphatic hydroxyl groups is 1. The maximum atomic E-state index is 12.5. The predicted octanol–water partition coefficient (Wildman–Crippen LogP) is 1.22. The SMILES string of the molecule is CN1CCN(C(=O)CCN2CCCC2(CO)Cc2ccccc2)CC1. The lowest BCUT2D eigenvalue weighted by molar-refractivity contribution is -0.133. The minimum Gasteiger partial charge on any atom is -0.394 e. The highest BCUT2D eigenvalue weighted by Crippen LogP contribution is 2.32. The maximum absolute atomic E-state index is 12.5. The first-order chi connectivity index (χ1) is 12.1. The van der Waals surface area contributed by atoms with E-state index in [0.717, 1.165) is 58.5 Å². The summed E-state index contributed by atoms with van der Waals surface area (Å²) >= 11 is 0. The molecule has 0 aliphatic carbocycles. The first-order valence-electron chi connectivity index (χ1n) is 9.49. The van der Waals surface area contributed by atoms with Crippen molar-refractivity contribution in [3.05, 3.63) is 35.9 Å². The quantitative estimate of drug-likeness (QED) is 0.842. The lowest BCUT2D eigenvalue weighted by Crippen LogP contribution is -2.51. The van der Waals surface area contributed by atoms with E-state index in [-0.39, 0.29) is 18.1 Å². The summed E-state index contributed by atoms with van der Waals surface area (Å²) in [6, 6.07) is 10.4. The highest BCUT2D eigenvalue weighted by atomic mass is 16.3. The van der Waals surface area contributed by atoms with E-state index in [9.17, 15) is 9.90 Å². The summed E-state index contributed by atoms with van der Waals surface area (Å²) in [7, 11) is 2.10. The summed E-state index contributed by atoms with van der Waals surface area (Å²) in [5.41, 5.74) is 1.05. The Morgan fingerprint density at radius 1 is 1.12 bits per heavy atom. The highest BCUT2D eigenvalue weighted by Gasteiger charge is 2.40. The Morgan fingerprint density at radius 3 is 2.52 bits per heavy atom. The predicted molar refractivity (Wildman–Crippen MR) is 99.5 cm³/mol. The number of hydrogen-bond acceptors (Lipinski definition) is 4. The van der Waals surface area contributed by atoms with Crippen molar-refractivity contribution < 1.29 is 9.90 Å². The molecule has 138 valence electrons. The van der Waals surface area contributed by atoms with E-state index in [4.69, 9.17) is 0 Å². The first-order valence-corrected chi connectivity index (χ1v) is 9.49.